The minimum atomic E-state index is -0.419. The highest BCUT2D eigenvalue weighted by Crippen LogP contribution is 2.36. The molecular formula is C30H28N4O3. The fraction of sp³-hybridized carbons (Fsp3) is 0.167. The van der Waals surface area contributed by atoms with Gasteiger partial charge in [-0.2, -0.15) is 4.98 Å². The van der Waals surface area contributed by atoms with Crippen molar-refractivity contribution >= 4 is 23.4 Å². The lowest BCUT2D eigenvalue weighted by atomic mass is 10.0. The number of ether oxygens (including phenoxy) is 2. The summed E-state index contributed by atoms with van der Waals surface area (Å²) in [6, 6.07) is 26.2. The molecule has 3 aromatic carbocycles. The van der Waals surface area contributed by atoms with Crippen LogP contribution in [0, 0.1) is 6.92 Å². The van der Waals surface area contributed by atoms with Crippen molar-refractivity contribution in [1.29, 1.82) is 0 Å². The van der Waals surface area contributed by atoms with Gasteiger partial charge >= 0.3 is 6.01 Å². The molecule has 0 fully saturated rings. The molecule has 37 heavy (non-hydrogen) atoms. The summed E-state index contributed by atoms with van der Waals surface area (Å²) >= 11 is 0. The molecule has 4 aromatic rings. The third-order valence-corrected chi connectivity index (χ3v) is 6.34. The van der Waals surface area contributed by atoms with Crippen LogP contribution in [0.2, 0.25) is 0 Å². The first-order valence-corrected chi connectivity index (χ1v) is 12.0. The van der Waals surface area contributed by atoms with E-state index >= 15 is 0 Å². The maximum atomic E-state index is 13.9. The standard InChI is InChI=1S/C30H28N4O3/c1-21-13-16-24(17-14-21)34-27(18-15-23-19-31-30(37-3)32-28(23)36-2)33(20-22-9-5-4-6-10-22)26-12-8-7-11-25(26)29(34)35/h4-19,27H,20H2,1-3H3/b18-15+. The molecule has 1 atom stereocenters. The van der Waals surface area contributed by atoms with Gasteiger partial charge in [-0.25, -0.2) is 4.98 Å². The number of rotatable bonds is 7. The van der Waals surface area contributed by atoms with Crippen LogP contribution in [0.1, 0.15) is 27.0 Å². The molecule has 1 amide bonds. The molecule has 0 radical (unpaired) electrons. The van der Waals surface area contributed by atoms with Gasteiger partial charge in [-0.3, -0.25) is 9.69 Å². The Morgan fingerprint density at radius 1 is 0.919 bits per heavy atom. The van der Waals surface area contributed by atoms with E-state index < -0.39 is 6.17 Å². The molecule has 186 valence electrons. The molecular weight excluding hydrogens is 464 g/mol. The van der Waals surface area contributed by atoms with Gasteiger partial charge < -0.3 is 14.4 Å². The number of aryl methyl sites for hydroxylation is 1. The predicted molar refractivity (Wildman–Crippen MR) is 145 cm³/mol. The highest BCUT2D eigenvalue weighted by atomic mass is 16.5. The lowest BCUT2D eigenvalue weighted by Crippen LogP contribution is -2.54. The lowest BCUT2D eigenvalue weighted by Gasteiger charge is -2.44. The summed E-state index contributed by atoms with van der Waals surface area (Å²) in [6.07, 6.45) is 5.11. The van der Waals surface area contributed by atoms with E-state index in [1.54, 1.807) is 13.3 Å². The Morgan fingerprint density at radius 2 is 1.65 bits per heavy atom. The van der Waals surface area contributed by atoms with Gasteiger partial charge in [0.15, 0.2) is 0 Å². The molecule has 0 saturated heterocycles. The maximum absolute atomic E-state index is 13.9. The molecule has 5 rings (SSSR count). The van der Waals surface area contributed by atoms with Gasteiger partial charge in [-0.15, -0.1) is 0 Å². The van der Waals surface area contributed by atoms with Gasteiger partial charge in [0.1, 0.15) is 6.17 Å². The largest absolute Gasteiger partial charge is 0.480 e. The summed E-state index contributed by atoms with van der Waals surface area (Å²) in [4.78, 5) is 26.5. The average Bonchev–Trinajstić information content (AvgIpc) is 2.94. The van der Waals surface area contributed by atoms with Crippen molar-refractivity contribution in [3.63, 3.8) is 0 Å². The summed E-state index contributed by atoms with van der Waals surface area (Å²) < 4.78 is 10.6. The molecule has 0 spiro atoms. The van der Waals surface area contributed by atoms with Crippen LogP contribution in [0.3, 0.4) is 0 Å². The summed E-state index contributed by atoms with van der Waals surface area (Å²) in [6.45, 7) is 2.64. The van der Waals surface area contributed by atoms with Crippen molar-refractivity contribution in [3.8, 4) is 11.9 Å². The van der Waals surface area contributed by atoms with Crippen LogP contribution in [0.4, 0.5) is 11.4 Å². The molecule has 1 unspecified atom stereocenters. The van der Waals surface area contributed by atoms with E-state index in [1.807, 2.05) is 90.7 Å². The van der Waals surface area contributed by atoms with Crippen molar-refractivity contribution in [2.24, 2.45) is 0 Å². The number of para-hydroxylation sites is 1. The zero-order valence-electron chi connectivity index (χ0n) is 21.0. The Balaban J connectivity index is 1.65. The number of carbonyl (C=O) groups excluding carboxylic acids is 1. The Morgan fingerprint density at radius 3 is 2.38 bits per heavy atom. The Hall–Kier alpha value is -4.65. The van der Waals surface area contributed by atoms with E-state index in [9.17, 15) is 4.79 Å². The molecule has 7 nitrogen and oxygen atoms in total. The van der Waals surface area contributed by atoms with Crippen LogP contribution < -0.4 is 19.3 Å². The second-order valence-corrected chi connectivity index (χ2v) is 8.74. The predicted octanol–water partition coefficient (Wildman–Crippen LogP) is 5.51. The Kier molecular flexibility index (Phi) is 6.85. The zero-order chi connectivity index (χ0) is 25.8. The maximum Gasteiger partial charge on any atom is 0.319 e. The van der Waals surface area contributed by atoms with Crippen LogP contribution in [-0.4, -0.2) is 36.3 Å². The number of aromatic nitrogens is 2. The van der Waals surface area contributed by atoms with E-state index in [0.717, 1.165) is 22.5 Å². The van der Waals surface area contributed by atoms with E-state index in [4.69, 9.17) is 9.47 Å². The van der Waals surface area contributed by atoms with Gasteiger partial charge in [0.05, 0.1) is 31.0 Å². The van der Waals surface area contributed by atoms with Crippen molar-refractivity contribution in [2.75, 3.05) is 24.0 Å². The number of amides is 1. The highest BCUT2D eigenvalue weighted by Gasteiger charge is 2.37. The number of benzene rings is 3. The summed E-state index contributed by atoms with van der Waals surface area (Å²) in [5, 5.41) is 0. The lowest BCUT2D eigenvalue weighted by molar-refractivity contribution is 0.0974. The van der Waals surface area contributed by atoms with Gasteiger partial charge in [0, 0.05) is 18.4 Å². The first kappa shape index (κ1) is 24.1. The average molecular weight is 493 g/mol. The van der Waals surface area contributed by atoms with E-state index in [0.29, 0.717) is 23.6 Å². The fourth-order valence-corrected chi connectivity index (χ4v) is 4.49. The molecule has 7 heteroatoms. The van der Waals surface area contributed by atoms with Crippen LogP contribution in [-0.2, 0) is 6.54 Å². The fourth-order valence-electron chi connectivity index (χ4n) is 4.49. The summed E-state index contributed by atoms with van der Waals surface area (Å²) in [5.74, 6) is 0.332. The normalized spacial score (nSPS) is 15.1. The first-order valence-electron chi connectivity index (χ1n) is 12.0. The van der Waals surface area contributed by atoms with E-state index in [-0.39, 0.29) is 11.9 Å². The molecule has 0 bridgehead atoms. The number of hydrogen-bond acceptors (Lipinski definition) is 6. The van der Waals surface area contributed by atoms with Crippen LogP contribution in [0.15, 0.2) is 91.1 Å². The Labute approximate surface area is 216 Å². The molecule has 0 N–H and O–H groups in total. The first-order chi connectivity index (χ1) is 18.1. The van der Waals surface area contributed by atoms with Crippen molar-refractivity contribution in [2.45, 2.75) is 19.6 Å². The topological polar surface area (TPSA) is 67.8 Å². The van der Waals surface area contributed by atoms with Crippen LogP contribution in [0.5, 0.6) is 11.9 Å². The van der Waals surface area contributed by atoms with Gasteiger partial charge in [0.2, 0.25) is 5.88 Å². The van der Waals surface area contributed by atoms with Crippen molar-refractivity contribution < 1.29 is 14.3 Å². The SMILES string of the molecule is COc1ncc(/C=C/C2N(Cc3ccccc3)c3ccccc3C(=O)N2c2ccc(C)cc2)c(OC)n1. The van der Waals surface area contributed by atoms with Gasteiger partial charge in [0.25, 0.3) is 5.91 Å². The third kappa shape index (κ3) is 4.89. The highest BCUT2D eigenvalue weighted by molar-refractivity contribution is 6.12. The number of methoxy groups -OCH3 is 2. The molecule has 0 aliphatic carbocycles. The second kappa shape index (κ2) is 10.5. The van der Waals surface area contributed by atoms with Crippen molar-refractivity contribution in [1.82, 2.24) is 9.97 Å². The quantitative estimate of drug-likeness (QED) is 0.339. The summed E-state index contributed by atoms with van der Waals surface area (Å²) in [5.41, 5.74) is 5.30. The number of anilines is 2. The monoisotopic (exact) mass is 492 g/mol. The van der Waals surface area contributed by atoms with Gasteiger partial charge in [-0.05, 0) is 48.9 Å². The Bertz CT molecular complexity index is 1420. The zero-order valence-corrected chi connectivity index (χ0v) is 21.0. The third-order valence-electron chi connectivity index (χ3n) is 6.34. The number of carbonyl (C=O) groups is 1. The number of nitrogens with zero attached hydrogens (tertiary/aromatic N) is 4. The van der Waals surface area contributed by atoms with Gasteiger partial charge in [-0.1, -0.05) is 60.2 Å². The smallest absolute Gasteiger partial charge is 0.319 e. The minimum Gasteiger partial charge on any atom is -0.480 e. The number of hydrogen-bond donors (Lipinski definition) is 0. The molecule has 0 saturated carbocycles. The number of fused-ring (bicyclic) bond motifs is 1. The summed E-state index contributed by atoms with van der Waals surface area (Å²) in [7, 11) is 3.07. The minimum absolute atomic E-state index is 0.0589. The molecule has 2 heterocycles. The van der Waals surface area contributed by atoms with E-state index in [1.165, 1.54) is 7.11 Å². The molecule has 1 aromatic heterocycles. The second-order valence-electron chi connectivity index (χ2n) is 8.74. The van der Waals surface area contributed by atoms with Crippen LogP contribution in [0.25, 0.3) is 6.08 Å². The van der Waals surface area contributed by atoms with Crippen LogP contribution >= 0.6 is 0 Å². The molecule has 1 aliphatic rings. The molecule has 1 aliphatic heterocycles. The van der Waals surface area contributed by atoms with Crippen molar-refractivity contribution in [3.05, 3.63) is 113 Å². The van der Waals surface area contributed by atoms with E-state index in [2.05, 4.69) is 27.0 Å².